The molecule has 3 rings (SSSR count). The Morgan fingerprint density at radius 2 is 1.89 bits per heavy atom. The molecule has 1 aliphatic heterocycles. The van der Waals surface area contributed by atoms with Crippen molar-refractivity contribution in [2.24, 2.45) is 0 Å². The van der Waals surface area contributed by atoms with E-state index < -0.39 is 17.8 Å². The first-order valence-corrected chi connectivity index (χ1v) is 9.25. The molecule has 0 radical (unpaired) electrons. The average Bonchev–Trinajstić information content (AvgIpc) is 2.64. The van der Waals surface area contributed by atoms with Gasteiger partial charge >= 0.3 is 6.03 Å². The normalized spacial score (nSPS) is 15.8. The van der Waals surface area contributed by atoms with Gasteiger partial charge in [0.1, 0.15) is 11.3 Å². The van der Waals surface area contributed by atoms with Gasteiger partial charge in [-0.05, 0) is 48.4 Å². The van der Waals surface area contributed by atoms with Crippen LogP contribution in [0.2, 0.25) is 10.0 Å². The minimum Gasteiger partial charge on any atom is -0.492 e. The Hall–Kier alpha value is -2.83. The average molecular weight is 419 g/mol. The molecule has 2 aromatic rings. The Morgan fingerprint density at radius 3 is 2.57 bits per heavy atom. The van der Waals surface area contributed by atoms with E-state index >= 15 is 0 Å². The zero-order chi connectivity index (χ0) is 20.3. The van der Waals surface area contributed by atoms with Crippen LogP contribution in [0.1, 0.15) is 18.9 Å². The van der Waals surface area contributed by atoms with Crippen molar-refractivity contribution in [1.29, 1.82) is 0 Å². The van der Waals surface area contributed by atoms with Crippen molar-refractivity contribution in [1.82, 2.24) is 5.32 Å². The van der Waals surface area contributed by atoms with E-state index in [1.807, 2.05) is 6.92 Å². The first kappa shape index (κ1) is 19.9. The summed E-state index contributed by atoms with van der Waals surface area (Å²) < 4.78 is 5.51. The van der Waals surface area contributed by atoms with Gasteiger partial charge in [0.2, 0.25) is 0 Å². The summed E-state index contributed by atoms with van der Waals surface area (Å²) in [7, 11) is 0. The number of anilines is 1. The summed E-state index contributed by atoms with van der Waals surface area (Å²) in [6, 6.07) is 10.3. The van der Waals surface area contributed by atoms with Crippen LogP contribution in [-0.2, 0) is 9.59 Å². The van der Waals surface area contributed by atoms with Gasteiger partial charge in [-0.3, -0.25) is 14.9 Å². The fraction of sp³-hybridized carbons (Fsp3) is 0.150. The standard InChI is InChI=1S/C20H16Cl2N2O4/c1-2-8-28-17-7-6-12(10-16(17)22)9-15-18(25)23-20(27)24(19(15)26)14-5-3-4-13(21)11-14/h3-7,9-11H,2,8H2,1H3,(H,23,25,27)/b15-9+. The fourth-order valence-electron chi connectivity index (χ4n) is 2.61. The van der Waals surface area contributed by atoms with E-state index in [0.29, 0.717) is 28.0 Å². The molecule has 0 aromatic heterocycles. The topological polar surface area (TPSA) is 75.7 Å². The maximum Gasteiger partial charge on any atom is 0.335 e. The van der Waals surface area contributed by atoms with E-state index in [4.69, 9.17) is 27.9 Å². The third-order valence-corrected chi connectivity index (χ3v) is 4.43. The molecular formula is C20H16Cl2N2O4. The largest absolute Gasteiger partial charge is 0.492 e. The van der Waals surface area contributed by atoms with Gasteiger partial charge < -0.3 is 4.74 Å². The molecular weight excluding hydrogens is 403 g/mol. The maximum atomic E-state index is 12.8. The highest BCUT2D eigenvalue weighted by Gasteiger charge is 2.36. The van der Waals surface area contributed by atoms with Gasteiger partial charge in [0, 0.05) is 5.02 Å². The lowest BCUT2D eigenvalue weighted by Crippen LogP contribution is -2.54. The molecule has 0 bridgehead atoms. The zero-order valence-corrected chi connectivity index (χ0v) is 16.4. The molecule has 28 heavy (non-hydrogen) atoms. The summed E-state index contributed by atoms with van der Waals surface area (Å²) in [6.07, 6.45) is 2.21. The van der Waals surface area contributed by atoms with E-state index in [-0.39, 0.29) is 11.3 Å². The van der Waals surface area contributed by atoms with E-state index in [2.05, 4.69) is 5.32 Å². The van der Waals surface area contributed by atoms with Gasteiger partial charge in [0.25, 0.3) is 11.8 Å². The highest BCUT2D eigenvalue weighted by Crippen LogP contribution is 2.28. The quantitative estimate of drug-likeness (QED) is 0.574. The van der Waals surface area contributed by atoms with Crippen molar-refractivity contribution in [2.75, 3.05) is 11.5 Å². The second-order valence-electron chi connectivity index (χ2n) is 5.98. The van der Waals surface area contributed by atoms with Crippen LogP contribution in [0.25, 0.3) is 6.08 Å². The van der Waals surface area contributed by atoms with Crippen molar-refractivity contribution < 1.29 is 19.1 Å². The smallest absolute Gasteiger partial charge is 0.335 e. The Balaban J connectivity index is 1.94. The number of ether oxygens (including phenoxy) is 1. The lowest BCUT2D eigenvalue weighted by atomic mass is 10.1. The van der Waals surface area contributed by atoms with Crippen LogP contribution in [0.4, 0.5) is 10.5 Å². The number of benzene rings is 2. The number of carbonyl (C=O) groups excluding carboxylic acids is 3. The number of urea groups is 1. The molecule has 1 N–H and O–H groups in total. The number of hydrogen-bond acceptors (Lipinski definition) is 4. The molecule has 4 amide bonds. The number of hydrogen-bond donors (Lipinski definition) is 1. The number of rotatable bonds is 5. The lowest BCUT2D eigenvalue weighted by Gasteiger charge is -2.26. The highest BCUT2D eigenvalue weighted by molar-refractivity contribution is 6.39. The van der Waals surface area contributed by atoms with Crippen molar-refractivity contribution in [3.63, 3.8) is 0 Å². The molecule has 1 fully saturated rings. The first-order chi connectivity index (χ1) is 13.4. The van der Waals surface area contributed by atoms with Crippen molar-refractivity contribution >= 4 is 52.8 Å². The molecule has 144 valence electrons. The van der Waals surface area contributed by atoms with Crippen LogP contribution in [0, 0.1) is 0 Å². The number of imide groups is 2. The van der Waals surface area contributed by atoms with Gasteiger partial charge in [-0.15, -0.1) is 0 Å². The molecule has 0 unspecified atom stereocenters. The molecule has 6 nitrogen and oxygen atoms in total. The van der Waals surface area contributed by atoms with Crippen LogP contribution in [-0.4, -0.2) is 24.5 Å². The first-order valence-electron chi connectivity index (χ1n) is 8.50. The van der Waals surface area contributed by atoms with Crippen LogP contribution in [0.5, 0.6) is 5.75 Å². The molecule has 0 spiro atoms. The summed E-state index contributed by atoms with van der Waals surface area (Å²) in [5.41, 5.74) is 0.584. The Kier molecular flexibility index (Phi) is 6.02. The van der Waals surface area contributed by atoms with Crippen LogP contribution >= 0.6 is 23.2 Å². The predicted molar refractivity (Wildman–Crippen MR) is 108 cm³/mol. The number of barbiturate groups is 1. The lowest BCUT2D eigenvalue weighted by molar-refractivity contribution is -0.122. The summed E-state index contributed by atoms with van der Waals surface area (Å²) >= 11 is 12.1. The number of nitrogens with zero attached hydrogens (tertiary/aromatic N) is 1. The maximum absolute atomic E-state index is 12.8. The van der Waals surface area contributed by atoms with Crippen LogP contribution in [0.3, 0.4) is 0 Å². The summed E-state index contributed by atoms with van der Waals surface area (Å²) in [4.78, 5) is 38.1. The molecule has 0 aliphatic carbocycles. The minimum atomic E-state index is -0.837. The van der Waals surface area contributed by atoms with Gasteiger partial charge in [-0.25, -0.2) is 9.69 Å². The molecule has 0 saturated carbocycles. The fourth-order valence-corrected chi connectivity index (χ4v) is 3.04. The highest BCUT2D eigenvalue weighted by atomic mass is 35.5. The number of carbonyl (C=O) groups is 3. The molecule has 2 aromatic carbocycles. The molecule has 1 heterocycles. The van der Waals surface area contributed by atoms with Crippen molar-refractivity contribution in [3.05, 3.63) is 63.6 Å². The Bertz CT molecular complexity index is 988. The second kappa shape index (κ2) is 8.46. The number of amides is 4. The third kappa shape index (κ3) is 4.18. The van der Waals surface area contributed by atoms with Crippen LogP contribution < -0.4 is 15.0 Å². The van der Waals surface area contributed by atoms with Gasteiger partial charge in [-0.1, -0.05) is 42.3 Å². The monoisotopic (exact) mass is 418 g/mol. The van der Waals surface area contributed by atoms with E-state index in [1.54, 1.807) is 36.4 Å². The zero-order valence-electron chi connectivity index (χ0n) is 14.9. The molecule has 8 heteroatoms. The Morgan fingerprint density at radius 1 is 1.11 bits per heavy atom. The number of nitrogens with one attached hydrogen (secondary N) is 1. The molecule has 0 atom stereocenters. The van der Waals surface area contributed by atoms with Crippen LogP contribution in [0.15, 0.2) is 48.0 Å². The second-order valence-corrected chi connectivity index (χ2v) is 6.82. The van der Waals surface area contributed by atoms with Gasteiger partial charge in [-0.2, -0.15) is 0 Å². The SMILES string of the molecule is CCCOc1ccc(/C=C2\C(=O)NC(=O)N(c3cccc(Cl)c3)C2=O)cc1Cl. The van der Waals surface area contributed by atoms with Crippen molar-refractivity contribution in [2.45, 2.75) is 13.3 Å². The predicted octanol–water partition coefficient (Wildman–Crippen LogP) is 4.45. The summed E-state index contributed by atoms with van der Waals surface area (Å²) in [5.74, 6) is -1.02. The molecule has 1 aliphatic rings. The van der Waals surface area contributed by atoms with Crippen molar-refractivity contribution in [3.8, 4) is 5.75 Å². The summed E-state index contributed by atoms with van der Waals surface area (Å²) in [5, 5.41) is 2.87. The van der Waals surface area contributed by atoms with Gasteiger partial charge in [0.15, 0.2) is 0 Å². The Labute approximate surface area is 171 Å². The van der Waals surface area contributed by atoms with E-state index in [9.17, 15) is 14.4 Å². The van der Waals surface area contributed by atoms with E-state index in [1.165, 1.54) is 12.1 Å². The summed E-state index contributed by atoms with van der Waals surface area (Å²) in [6.45, 7) is 2.50. The molecule has 1 saturated heterocycles. The van der Waals surface area contributed by atoms with Gasteiger partial charge in [0.05, 0.1) is 17.3 Å². The van der Waals surface area contributed by atoms with E-state index in [0.717, 1.165) is 11.3 Å². The minimum absolute atomic E-state index is 0.196. The number of halogens is 2. The third-order valence-electron chi connectivity index (χ3n) is 3.90.